The fourth-order valence-corrected chi connectivity index (χ4v) is 3.47. The molecule has 1 aromatic heterocycles. The van der Waals surface area contributed by atoms with Gasteiger partial charge in [0.15, 0.2) is 0 Å². The molecule has 0 aliphatic heterocycles. The molecule has 0 fully saturated rings. The zero-order valence-electron chi connectivity index (χ0n) is 17.1. The number of benzene rings is 3. The Balaban J connectivity index is 1.33. The molecule has 5 nitrogen and oxygen atoms in total. The number of ether oxygens (including phenoxy) is 1. The van der Waals surface area contributed by atoms with E-state index in [9.17, 15) is 4.79 Å². The quantitative estimate of drug-likeness (QED) is 0.365. The third kappa shape index (κ3) is 5.61. The molecule has 1 N–H and O–H groups in total. The second-order valence-electron chi connectivity index (χ2n) is 7.28. The number of hydrogen-bond donors (Lipinski definition) is 1. The van der Waals surface area contributed by atoms with Crippen LogP contribution in [0, 0.1) is 6.92 Å². The van der Waals surface area contributed by atoms with Crippen molar-refractivity contribution >= 4 is 27.5 Å². The summed E-state index contributed by atoms with van der Waals surface area (Å²) in [5, 5.41) is 7.24. The highest BCUT2D eigenvalue weighted by Gasteiger charge is 2.09. The van der Waals surface area contributed by atoms with Crippen molar-refractivity contribution < 1.29 is 9.53 Å². The molecule has 31 heavy (non-hydrogen) atoms. The Morgan fingerprint density at radius 2 is 1.71 bits per heavy atom. The van der Waals surface area contributed by atoms with E-state index in [0.717, 1.165) is 21.3 Å². The summed E-state index contributed by atoms with van der Waals surface area (Å²) in [7, 11) is 0. The molecule has 0 atom stereocenters. The number of hydrogen-bond acceptors (Lipinski definition) is 3. The fourth-order valence-electron chi connectivity index (χ4n) is 3.07. The second kappa shape index (κ2) is 9.62. The van der Waals surface area contributed by atoms with Gasteiger partial charge in [-0.05, 0) is 58.2 Å². The molecule has 156 valence electrons. The molecular formula is C25H22BrN3O2. The highest BCUT2D eigenvalue weighted by Crippen LogP contribution is 2.24. The number of aryl methyl sites for hydroxylation is 1. The summed E-state index contributed by atoms with van der Waals surface area (Å²) < 4.78 is 8.54. The lowest BCUT2D eigenvalue weighted by Gasteiger charge is -2.09. The number of carbonyl (C=O) groups is 1. The van der Waals surface area contributed by atoms with E-state index >= 15 is 0 Å². The predicted octanol–water partition coefficient (Wildman–Crippen LogP) is 5.83. The lowest BCUT2D eigenvalue weighted by atomic mass is 10.1. The average Bonchev–Trinajstić information content (AvgIpc) is 3.22. The van der Waals surface area contributed by atoms with Crippen molar-refractivity contribution in [2.24, 2.45) is 0 Å². The van der Waals surface area contributed by atoms with Gasteiger partial charge in [0.2, 0.25) is 0 Å². The van der Waals surface area contributed by atoms with Crippen molar-refractivity contribution in [1.29, 1.82) is 0 Å². The van der Waals surface area contributed by atoms with Gasteiger partial charge >= 0.3 is 0 Å². The van der Waals surface area contributed by atoms with Crippen LogP contribution in [0.15, 0.2) is 89.7 Å². The number of nitrogens with one attached hydrogen (secondary N) is 1. The molecule has 4 rings (SSSR count). The molecule has 0 saturated carbocycles. The van der Waals surface area contributed by atoms with E-state index in [1.54, 1.807) is 18.3 Å². The SMILES string of the molecule is Cc1ccc(Cn2cc(NC(=O)c3ccc(COc4ccccc4Br)cc3)cn2)cc1. The molecule has 1 amide bonds. The van der Waals surface area contributed by atoms with Crippen molar-refractivity contribution in [2.45, 2.75) is 20.1 Å². The van der Waals surface area contributed by atoms with E-state index < -0.39 is 0 Å². The Morgan fingerprint density at radius 3 is 2.45 bits per heavy atom. The van der Waals surface area contributed by atoms with Crippen LogP contribution < -0.4 is 10.1 Å². The van der Waals surface area contributed by atoms with Gasteiger partial charge in [0.25, 0.3) is 5.91 Å². The fraction of sp³-hybridized carbons (Fsp3) is 0.120. The number of para-hydroxylation sites is 1. The summed E-state index contributed by atoms with van der Waals surface area (Å²) in [6.45, 7) is 3.14. The summed E-state index contributed by atoms with van der Waals surface area (Å²) in [6.07, 6.45) is 3.49. The van der Waals surface area contributed by atoms with Crippen molar-refractivity contribution in [3.63, 3.8) is 0 Å². The normalized spacial score (nSPS) is 10.6. The smallest absolute Gasteiger partial charge is 0.255 e. The number of aromatic nitrogens is 2. The molecule has 3 aromatic carbocycles. The van der Waals surface area contributed by atoms with Gasteiger partial charge in [0, 0.05) is 11.8 Å². The van der Waals surface area contributed by atoms with Crippen molar-refractivity contribution in [3.05, 3.63) is 112 Å². The van der Waals surface area contributed by atoms with Crippen molar-refractivity contribution in [3.8, 4) is 5.75 Å². The average molecular weight is 476 g/mol. The molecule has 0 spiro atoms. The largest absolute Gasteiger partial charge is 0.488 e. The van der Waals surface area contributed by atoms with Crippen LogP contribution >= 0.6 is 15.9 Å². The summed E-state index contributed by atoms with van der Waals surface area (Å²) in [5.74, 6) is 0.611. The van der Waals surface area contributed by atoms with Gasteiger partial charge in [-0.2, -0.15) is 5.10 Å². The van der Waals surface area contributed by atoms with Crippen LogP contribution in [0.1, 0.15) is 27.0 Å². The molecule has 0 bridgehead atoms. The third-order valence-electron chi connectivity index (χ3n) is 4.80. The topological polar surface area (TPSA) is 56.2 Å². The minimum absolute atomic E-state index is 0.173. The second-order valence-corrected chi connectivity index (χ2v) is 8.14. The standard InChI is InChI=1S/C25H22BrN3O2/c1-18-6-8-19(9-7-18)15-29-16-22(14-27-29)28-25(30)21-12-10-20(11-13-21)17-31-24-5-3-2-4-23(24)26/h2-14,16H,15,17H2,1H3,(H,28,30). The first-order valence-electron chi connectivity index (χ1n) is 9.92. The highest BCUT2D eigenvalue weighted by molar-refractivity contribution is 9.10. The van der Waals surface area contributed by atoms with E-state index in [-0.39, 0.29) is 5.91 Å². The van der Waals surface area contributed by atoms with Crippen molar-refractivity contribution in [1.82, 2.24) is 9.78 Å². The van der Waals surface area contributed by atoms with Crippen LogP contribution in [0.25, 0.3) is 0 Å². The first-order chi connectivity index (χ1) is 15.1. The summed E-state index contributed by atoms with van der Waals surface area (Å²) in [5.41, 5.74) is 4.61. The summed E-state index contributed by atoms with van der Waals surface area (Å²) >= 11 is 3.47. The molecule has 4 aromatic rings. The number of halogens is 1. The Morgan fingerprint density at radius 1 is 1.00 bits per heavy atom. The van der Waals surface area contributed by atoms with Crippen LogP contribution in [0.5, 0.6) is 5.75 Å². The molecule has 0 aliphatic rings. The van der Waals surface area contributed by atoms with E-state index in [1.165, 1.54) is 5.56 Å². The molecule has 0 radical (unpaired) electrons. The van der Waals surface area contributed by atoms with E-state index in [2.05, 4.69) is 57.5 Å². The Bertz CT molecular complexity index is 1170. The maximum atomic E-state index is 12.6. The highest BCUT2D eigenvalue weighted by atomic mass is 79.9. The number of anilines is 1. The lowest BCUT2D eigenvalue weighted by molar-refractivity contribution is 0.102. The van der Waals surface area contributed by atoms with Crippen LogP contribution in [0.3, 0.4) is 0 Å². The van der Waals surface area contributed by atoms with Gasteiger partial charge in [-0.3, -0.25) is 9.48 Å². The molecule has 1 heterocycles. The van der Waals surface area contributed by atoms with E-state index in [1.807, 2.05) is 47.3 Å². The summed E-state index contributed by atoms with van der Waals surface area (Å²) in [6, 6.07) is 23.4. The maximum Gasteiger partial charge on any atom is 0.255 e. The lowest BCUT2D eigenvalue weighted by Crippen LogP contribution is -2.11. The maximum absolute atomic E-state index is 12.6. The predicted molar refractivity (Wildman–Crippen MR) is 125 cm³/mol. The minimum Gasteiger partial charge on any atom is -0.488 e. The number of nitrogens with zero attached hydrogens (tertiary/aromatic N) is 2. The molecule has 0 saturated heterocycles. The Hall–Kier alpha value is -3.38. The van der Waals surface area contributed by atoms with Gasteiger partial charge in [-0.1, -0.05) is 54.1 Å². The summed E-state index contributed by atoms with van der Waals surface area (Å²) in [4.78, 5) is 12.6. The van der Waals surface area contributed by atoms with E-state index in [0.29, 0.717) is 24.4 Å². The zero-order chi connectivity index (χ0) is 21.6. The monoisotopic (exact) mass is 475 g/mol. The number of carbonyl (C=O) groups excluding carboxylic acids is 1. The Labute approximate surface area is 189 Å². The van der Waals surface area contributed by atoms with Gasteiger partial charge in [0.05, 0.1) is 22.9 Å². The number of rotatable bonds is 7. The molecule has 6 heteroatoms. The third-order valence-corrected chi connectivity index (χ3v) is 5.46. The van der Waals surface area contributed by atoms with Gasteiger partial charge in [0.1, 0.15) is 12.4 Å². The first-order valence-corrected chi connectivity index (χ1v) is 10.7. The zero-order valence-corrected chi connectivity index (χ0v) is 18.7. The van der Waals surface area contributed by atoms with Gasteiger partial charge in [-0.15, -0.1) is 0 Å². The van der Waals surface area contributed by atoms with Crippen LogP contribution in [-0.2, 0) is 13.2 Å². The minimum atomic E-state index is -0.173. The molecule has 0 unspecified atom stereocenters. The van der Waals surface area contributed by atoms with Crippen molar-refractivity contribution in [2.75, 3.05) is 5.32 Å². The van der Waals surface area contributed by atoms with Crippen LogP contribution in [0.4, 0.5) is 5.69 Å². The van der Waals surface area contributed by atoms with Gasteiger partial charge in [-0.25, -0.2) is 0 Å². The molecular weight excluding hydrogens is 454 g/mol. The molecule has 0 aliphatic carbocycles. The van der Waals surface area contributed by atoms with Crippen LogP contribution in [0.2, 0.25) is 0 Å². The Kier molecular flexibility index (Phi) is 6.48. The van der Waals surface area contributed by atoms with E-state index in [4.69, 9.17) is 4.74 Å². The van der Waals surface area contributed by atoms with Crippen LogP contribution in [-0.4, -0.2) is 15.7 Å². The number of amides is 1. The van der Waals surface area contributed by atoms with Gasteiger partial charge < -0.3 is 10.1 Å². The first kappa shape index (κ1) is 20.9.